The quantitative estimate of drug-likeness (QED) is 0.342. The van der Waals surface area contributed by atoms with Crippen LogP contribution in [-0.2, 0) is 16.8 Å². The molecule has 0 aliphatic carbocycles. The number of aromatic nitrogens is 2. The Labute approximate surface area is 196 Å². The maximum absolute atomic E-state index is 13.1. The van der Waals surface area contributed by atoms with Crippen LogP contribution in [-0.4, -0.2) is 21.7 Å². The number of nitrogens with zero attached hydrogens (tertiary/aromatic N) is 3. The van der Waals surface area contributed by atoms with Gasteiger partial charge in [-0.05, 0) is 29.0 Å². The fourth-order valence-electron chi connectivity index (χ4n) is 3.46. The second kappa shape index (κ2) is 9.11. The molecule has 0 aliphatic rings. The molecule has 1 N–H and O–H groups in total. The summed E-state index contributed by atoms with van der Waals surface area (Å²) in [5.74, 6) is -0.395. The molecule has 6 nitrogen and oxygen atoms in total. The zero-order valence-corrected chi connectivity index (χ0v) is 19.9. The molecule has 168 valence electrons. The summed E-state index contributed by atoms with van der Waals surface area (Å²) in [6.45, 7) is 8.33. The number of hydrogen-bond acceptors (Lipinski definition) is 5. The summed E-state index contributed by atoms with van der Waals surface area (Å²) in [7, 11) is 0. The van der Waals surface area contributed by atoms with Gasteiger partial charge in [-0.25, -0.2) is 10.4 Å². The van der Waals surface area contributed by atoms with Crippen molar-refractivity contribution in [3.05, 3.63) is 87.3 Å². The second-order valence-corrected chi connectivity index (χ2v) is 9.90. The lowest BCUT2D eigenvalue weighted by atomic mass is 9.87. The van der Waals surface area contributed by atoms with Crippen LogP contribution in [0.4, 0.5) is 0 Å². The first kappa shape index (κ1) is 22.6. The fourth-order valence-corrected chi connectivity index (χ4v) is 4.37. The molecule has 0 saturated carbocycles. The van der Waals surface area contributed by atoms with Crippen LogP contribution in [0.25, 0.3) is 21.3 Å². The molecule has 7 heteroatoms. The Bertz CT molecular complexity index is 1380. The Hall–Kier alpha value is -3.58. The van der Waals surface area contributed by atoms with Gasteiger partial charge in [0, 0.05) is 10.9 Å². The first-order chi connectivity index (χ1) is 15.7. The molecule has 2 aromatic heterocycles. The third-order valence-electron chi connectivity index (χ3n) is 5.42. The summed E-state index contributed by atoms with van der Waals surface area (Å²) in [5.41, 5.74) is 7.37. The standard InChI is InChI=1S/C26H26N4O2S/c1-17-5-9-19(10-6-17)21-15-33-24-23(21)25(32)30(16-27-24)14-22(31)29-28-13-18-7-11-20(12-8-18)26(2,3)4/h5-13,15-16H,14H2,1-4H3,(H,29,31)/b28-13+. The highest BCUT2D eigenvalue weighted by molar-refractivity contribution is 7.17. The van der Waals surface area contributed by atoms with Crippen LogP contribution in [0.1, 0.15) is 37.5 Å². The second-order valence-electron chi connectivity index (χ2n) is 9.04. The minimum Gasteiger partial charge on any atom is -0.289 e. The highest BCUT2D eigenvalue weighted by atomic mass is 32.1. The molecule has 33 heavy (non-hydrogen) atoms. The lowest BCUT2D eigenvalue weighted by molar-refractivity contribution is -0.121. The predicted molar refractivity (Wildman–Crippen MR) is 135 cm³/mol. The molecule has 0 aliphatic heterocycles. The first-order valence-corrected chi connectivity index (χ1v) is 11.6. The van der Waals surface area contributed by atoms with E-state index in [-0.39, 0.29) is 17.5 Å². The van der Waals surface area contributed by atoms with Crippen molar-refractivity contribution in [2.45, 2.75) is 39.7 Å². The van der Waals surface area contributed by atoms with Crippen molar-refractivity contribution in [1.29, 1.82) is 0 Å². The smallest absolute Gasteiger partial charge is 0.263 e. The number of carbonyl (C=O) groups is 1. The molecule has 4 aromatic rings. The molecule has 0 atom stereocenters. The zero-order valence-electron chi connectivity index (χ0n) is 19.1. The SMILES string of the molecule is Cc1ccc(-c2csc3ncn(CC(=O)N/N=C/c4ccc(C(C)(C)C)cc4)c(=O)c23)cc1. The number of carbonyl (C=O) groups excluding carboxylic acids is 1. The molecule has 0 radical (unpaired) electrons. The van der Waals surface area contributed by atoms with E-state index in [4.69, 9.17) is 0 Å². The summed E-state index contributed by atoms with van der Waals surface area (Å²) >= 11 is 1.42. The molecular weight excluding hydrogens is 432 g/mol. The molecular formula is C26H26N4O2S. The van der Waals surface area contributed by atoms with Crippen LogP contribution in [0.3, 0.4) is 0 Å². The monoisotopic (exact) mass is 458 g/mol. The van der Waals surface area contributed by atoms with E-state index in [0.29, 0.717) is 10.2 Å². The van der Waals surface area contributed by atoms with Crippen molar-refractivity contribution in [2.75, 3.05) is 0 Å². The van der Waals surface area contributed by atoms with Crippen LogP contribution >= 0.6 is 11.3 Å². The summed E-state index contributed by atoms with van der Waals surface area (Å²) in [6, 6.07) is 16.0. The number of hydrazone groups is 1. The topological polar surface area (TPSA) is 76.3 Å². The Morgan fingerprint density at radius 2 is 1.82 bits per heavy atom. The van der Waals surface area contributed by atoms with Gasteiger partial charge in [0.05, 0.1) is 17.9 Å². The van der Waals surface area contributed by atoms with Gasteiger partial charge >= 0.3 is 0 Å². The van der Waals surface area contributed by atoms with E-state index < -0.39 is 5.91 Å². The Balaban J connectivity index is 1.48. The maximum atomic E-state index is 13.1. The van der Waals surface area contributed by atoms with Crippen LogP contribution in [0.2, 0.25) is 0 Å². The van der Waals surface area contributed by atoms with E-state index in [9.17, 15) is 9.59 Å². The van der Waals surface area contributed by atoms with Gasteiger partial charge in [-0.2, -0.15) is 5.10 Å². The van der Waals surface area contributed by atoms with Crippen molar-refractivity contribution in [1.82, 2.24) is 15.0 Å². The van der Waals surface area contributed by atoms with Gasteiger partial charge in [-0.3, -0.25) is 14.2 Å². The summed E-state index contributed by atoms with van der Waals surface area (Å²) in [6.07, 6.45) is 3.00. The summed E-state index contributed by atoms with van der Waals surface area (Å²) in [4.78, 5) is 30.5. The largest absolute Gasteiger partial charge is 0.289 e. The minimum absolute atomic E-state index is 0.0774. The molecule has 0 unspecified atom stereocenters. The third-order valence-corrected chi connectivity index (χ3v) is 6.30. The van der Waals surface area contributed by atoms with Crippen LogP contribution in [0.15, 0.2) is 70.1 Å². The van der Waals surface area contributed by atoms with Crippen molar-refractivity contribution >= 4 is 33.7 Å². The normalized spacial score (nSPS) is 11.9. The van der Waals surface area contributed by atoms with Crippen LogP contribution in [0, 0.1) is 6.92 Å². The number of hydrogen-bond donors (Lipinski definition) is 1. The molecule has 2 aromatic carbocycles. The Morgan fingerprint density at radius 1 is 1.12 bits per heavy atom. The highest BCUT2D eigenvalue weighted by Gasteiger charge is 2.15. The van der Waals surface area contributed by atoms with Gasteiger partial charge in [0.25, 0.3) is 11.5 Å². The maximum Gasteiger partial charge on any atom is 0.263 e. The van der Waals surface area contributed by atoms with Crippen LogP contribution in [0.5, 0.6) is 0 Å². The van der Waals surface area contributed by atoms with Gasteiger partial charge in [0.15, 0.2) is 0 Å². The molecule has 1 amide bonds. The average molecular weight is 459 g/mol. The van der Waals surface area contributed by atoms with E-state index in [0.717, 1.165) is 22.3 Å². The van der Waals surface area contributed by atoms with E-state index in [2.05, 4.69) is 48.4 Å². The molecule has 0 spiro atoms. The van der Waals surface area contributed by atoms with Crippen molar-refractivity contribution in [3.63, 3.8) is 0 Å². The van der Waals surface area contributed by atoms with Crippen molar-refractivity contribution in [3.8, 4) is 11.1 Å². The van der Waals surface area contributed by atoms with Gasteiger partial charge in [0.2, 0.25) is 0 Å². The van der Waals surface area contributed by atoms with E-state index >= 15 is 0 Å². The number of fused-ring (bicyclic) bond motifs is 1. The Morgan fingerprint density at radius 3 is 2.48 bits per heavy atom. The molecule has 0 saturated heterocycles. The van der Waals surface area contributed by atoms with Gasteiger partial charge in [-0.15, -0.1) is 11.3 Å². The number of thiophene rings is 1. The van der Waals surface area contributed by atoms with E-state index in [1.165, 1.54) is 27.8 Å². The highest BCUT2D eigenvalue weighted by Crippen LogP contribution is 2.30. The number of aryl methyl sites for hydroxylation is 1. The number of amides is 1. The fraction of sp³-hybridized carbons (Fsp3) is 0.231. The first-order valence-electron chi connectivity index (χ1n) is 10.7. The van der Waals surface area contributed by atoms with Gasteiger partial charge in [-0.1, -0.05) is 74.9 Å². The number of nitrogens with one attached hydrogen (secondary N) is 1. The van der Waals surface area contributed by atoms with Gasteiger partial charge < -0.3 is 0 Å². The van der Waals surface area contributed by atoms with Crippen LogP contribution < -0.4 is 11.0 Å². The molecule has 2 heterocycles. The number of benzene rings is 2. The third kappa shape index (κ3) is 5.09. The summed E-state index contributed by atoms with van der Waals surface area (Å²) in [5, 5.41) is 6.49. The van der Waals surface area contributed by atoms with Gasteiger partial charge in [0.1, 0.15) is 11.4 Å². The zero-order chi connectivity index (χ0) is 23.6. The minimum atomic E-state index is -0.395. The van der Waals surface area contributed by atoms with Crippen molar-refractivity contribution < 1.29 is 4.79 Å². The molecule has 4 rings (SSSR count). The average Bonchev–Trinajstić information content (AvgIpc) is 3.21. The van der Waals surface area contributed by atoms with Crippen molar-refractivity contribution in [2.24, 2.45) is 5.10 Å². The van der Waals surface area contributed by atoms with E-state index in [1.54, 1.807) is 6.21 Å². The lowest BCUT2D eigenvalue weighted by Crippen LogP contribution is -2.30. The molecule has 0 fully saturated rings. The summed E-state index contributed by atoms with van der Waals surface area (Å²) < 4.78 is 1.32. The predicted octanol–water partition coefficient (Wildman–Crippen LogP) is 4.88. The number of rotatable bonds is 5. The Kier molecular flexibility index (Phi) is 6.24. The lowest BCUT2D eigenvalue weighted by Gasteiger charge is -2.18. The molecule has 0 bridgehead atoms. The van der Waals surface area contributed by atoms with E-state index in [1.807, 2.05) is 48.7 Å².